The molecule has 0 bridgehead atoms. The van der Waals surface area contributed by atoms with Gasteiger partial charge in [0, 0.05) is 48.3 Å². The molecular weight excluding hydrogens is 564 g/mol. The number of carbonyl (C=O) groups excluding carboxylic acids is 4. The number of hydrogen-bond acceptors (Lipinski definition) is 8. The fourth-order valence-corrected chi connectivity index (χ4v) is 4.36. The van der Waals surface area contributed by atoms with Gasteiger partial charge in [-0.2, -0.15) is 0 Å². The number of imidazole rings is 1. The van der Waals surface area contributed by atoms with Crippen molar-refractivity contribution in [3.05, 3.63) is 54.2 Å². The number of rotatable bonds is 17. The molecule has 0 aliphatic heterocycles. The standard InChI is InChI=1S/C27H34N8O8/c28-17(9-14-11-31-18-4-2-1-3-16(14)18)24(39)35-21(10-15-12-30-13-32-15)26(41)33-19(5-7-22(29)36)25(40)34-20(27(42)43)6-8-23(37)38/h1-4,11-13,17,19-21,31H,5-10,28H2,(H2,29,36)(H,30,32)(H,33,41)(H,34,40)(H,35,39)(H,37,38)(H,42,43). The van der Waals surface area contributed by atoms with Crippen molar-refractivity contribution in [3.63, 3.8) is 0 Å². The third-order valence-corrected chi connectivity index (χ3v) is 6.64. The van der Waals surface area contributed by atoms with E-state index >= 15 is 0 Å². The molecule has 4 unspecified atom stereocenters. The molecule has 0 spiro atoms. The minimum Gasteiger partial charge on any atom is -0.481 e. The van der Waals surface area contributed by atoms with Crippen LogP contribution in [-0.4, -0.2) is 84.9 Å². The highest BCUT2D eigenvalue weighted by atomic mass is 16.4. The van der Waals surface area contributed by atoms with Gasteiger partial charge in [0.2, 0.25) is 23.6 Å². The summed E-state index contributed by atoms with van der Waals surface area (Å²) in [5.41, 5.74) is 13.6. The average Bonchev–Trinajstić information content (AvgIpc) is 3.62. The second-order valence-corrected chi connectivity index (χ2v) is 9.91. The highest BCUT2D eigenvalue weighted by molar-refractivity contribution is 5.95. The van der Waals surface area contributed by atoms with E-state index < -0.39 is 72.6 Å². The Kier molecular flexibility index (Phi) is 11.3. The Morgan fingerprint density at radius 3 is 2.14 bits per heavy atom. The molecule has 0 fully saturated rings. The Morgan fingerprint density at radius 2 is 1.49 bits per heavy atom. The molecule has 0 aliphatic rings. The highest BCUT2D eigenvalue weighted by Crippen LogP contribution is 2.19. The van der Waals surface area contributed by atoms with Crippen LogP contribution in [0.4, 0.5) is 0 Å². The summed E-state index contributed by atoms with van der Waals surface area (Å²) in [7, 11) is 0. The van der Waals surface area contributed by atoms with E-state index in [4.69, 9.17) is 16.6 Å². The number of nitrogens with two attached hydrogens (primary N) is 2. The van der Waals surface area contributed by atoms with Crippen molar-refractivity contribution >= 4 is 46.5 Å². The first kappa shape index (κ1) is 32.3. The van der Waals surface area contributed by atoms with Gasteiger partial charge in [0.25, 0.3) is 0 Å². The molecule has 4 amide bonds. The van der Waals surface area contributed by atoms with Crippen LogP contribution in [-0.2, 0) is 41.6 Å². The molecule has 16 heteroatoms. The van der Waals surface area contributed by atoms with Crippen LogP contribution in [0.2, 0.25) is 0 Å². The molecule has 0 radical (unpaired) electrons. The van der Waals surface area contributed by atoms with Crippen LogP contribution in [0.15, 0.2) is 43.0 Å². The van der Waals surface area contributed by atoms with E-state index in [2.05, 4.69) is 30.9 Å². The van der Waals surface area contributed by atoms with E-state index in [-0.39, 0.29) is 25.7 Å². The summed E-state index contributed by atoms with van der Waals surface area (Å²) in [5, 5.41) is 26.4. The van der Waals surface area contributed by atoms with E-state index in [1.807, 2.05) is 24.3 Å². The van der Waals surface area contributed by atoms with Crippen LogP contribution in [0, 0.1) is 0 Å². The summed E-state index contributed by atoms with van der Waals surface area (Å²) in [6.07, 6.45) is 3.07. The summed E-state index contributed by atoms with van der Waals surface area (Å²) < 4.78 is 0. The zero-order chi connectivity index (χ0) is 31.5. The monoisotopic (exact) mass is 598 g/mol. The van der Waals surface area contributed by atoms with Crippen LogP contribution < -0.4 is 27.4 Å². The second kappa shape index (κ2) is 15.1. The second-order valence-electron chi connectivity index (χ2n) is 9.91. The minimum absolute atomic E-state index is 0.0715. The quantitative estimate of drug-likeness (QED) is 0.0883. The lowest BCUT2D eigenvalue weighted by atomic mass is 10.0. The van der Waals surface area contributed by atoms with E-state index in [0.717, 1.165) is 16.5 Å². The number of aliphatic carboxylic acids is 2. The Hall–Kier alpha value is -5.25. The van der Waals surface area contributed by atoms with Gasteiger partial charge in [0.15, 0.2) is 0 Å². The van der Waals surface area contributed by atoms with E-state index in [1.165, 1.54) is 12.5 Å². The van der Waals surface area contributed by atoms with E-state index in [9.17, 15) is 33.9 Å². The van der Waals surface area contributed by atoms with Gasteiger partial charge in [-0.05, 0) is 30.9 Å². The lowest BCUT2D eigenvalue weighted by Crippen LogP contribution is -2.58. The van der Waals surface area contributed by atoms with Crippen molar-refractivity contribution in [2.24, 2.45) is 11.5 Å². The van der Waals surface area contributed by atoms with Gasteiger partial charge in [-0.25, -0.2) is 9.78 Å². The lowest BCUT2D eigenvalue weighted by Gasteiger charge is -2.25. The minimum atomic E-state index is -1.57. The number of carboxylic acids is 2. The predicted molar refractivity (Wildman–Crippen MR) is 151 cm³/mol. The lowest BCUT2D eigenvalue weighted by molar-refractivity contribution is -0.143. The number of carboxylic acid groups (broad SMARTS) is 2. The number of nitrogens with one attached hydrogen (secondary N) is 5. The fourth-order valence-electron chi connectivity index (χ4n) is 4.36. The molecular formula is C27H34N8O8. The Bertz CT molecular complexity index is 1450. The third kappa shape index (κ3) is 9.67. The summed E-state index contributed by atoms with van der Waals surface area (Å²) in [5.74, 6) is -5.98. The molecule has 16 nitrogen and oxygen atoms in total. The largest absolute Gasteiger partial charge is 0.481 e. The first-order valence-electron chi connectivity index (χ1n) is 13.4. The number of nitrogens with zero attached hydrogens (tertiary/aromatic N) is 1. The van der Waals surface area contributed by atoms with Crippen LogP contribution >= 0.6 is 0 Å². The van der Waals surface area contributed by atoms with Crippen LogP contribution in [0.5, 0.6) is 0 Å². The Labute approximate surface area is 245 Å². The summed E-state index contributed by atoms with van der Waals surface area (Å²) in [4.78, 5) is 83.3. The molecule has 4 atom stereocenters. The molecule has 2 heterocycles. The molecule has 0 saturated carbocycles. The number of para-hydroxylation sites is 1. The molecule has 0 saturated heterocycles. The maximum Gasteiger partial charge on any atom is 0.326 e. The van der Waals surface area contributed by atoms with Gasteiger partial charge in [-0.15, -0.1) is 0 Å². The topological polar surface area (TPSA) is 275 Å². The first-order valence-corrected chi connectivity index (χ1v) is 13.4. The maximum absolute atomic E-state index is 13.4. The zero-order valence-corrected chi connectivity index (χ0v) is 23.0. The van der Waals surface area contributed by atoms with Gasteiger partial charge in [-0.3, -0.25) is 24.0 Å². The van der Waals surface area contributed by atoms with Crippen molar-refractivity contribution in [1.82, 2.24) is 30.9 Å². The number of benzene rings is 1. The number of carbonyl (C=O) groups is 6. The number of H-pyrrole nitrogens is 2. The molecule has 2 aromatic heterocycles. The molecule has 230 valence electrons. The Balaban J connectivity index is 1.75. The van der Waals surface area contributed by atoms with Crippen molar-refractivity contribution in [3.8, 4) is 0 Å². The first-order chi connectivity index (χ1) is 20.4. The van der Waals surface area contributed by atoms with Crippen molar-refractivity contribution in [2.45, 2.75) is 62.7 Å². The zero-order valence-electron chi connectivity index (χ0n) is 23.0. The fraction of sp³-hybridized carbons (Fsp3) is 0.370. The molecule has 0 aliphatic carbocycles. The van der Waals surface area contributed by atoms with Crippen molar-refractivity contribution in [1.29, 1.82) is 0 Å². The molecule has 43 heavy (non-hydrogen) atoms. The number of hydrogen-bond donors (Lipinski definition) is 9. The van der Waals surface area contributed by atoms with Gasteiger partial charge >= 0.3 is 11.9 Å². The number of aromatic amines is 2. The number of aromatic nitrogens is 3. The van der Waals surface area contributed by atoms with Crippen molar-refractivity contribution in [2.75, 3.05) is 0 Å². The third-order valence-electron chi connectivity index (χ3n) is 6.64. The predicted octanol–water partition coefficient (Wildman–Crippen LogP) is -1.33. The number of primary amides is 1. The summed E-state index contributed by atoms with van der Waals surface area (Å²) in [6.45, 7) is 0. The van der Waals surface area contributed by atoms with Gasteiger partial charge in [0.05, 0.1) is 12.4 Å². The Morgan fingerprint density at radius 1 is 0.837 bits per heavy atom. The maximum atomic E-state index is 13.4. The number of fused-ring (bicyclic) bond motifs is 1. The van der Waals surface area contributed by atoms with Gasteiger partial charge in [-0.1, -0.05) is 18.2 Å². The molecule has 3 aromatic rings. The SMILES string of the molecule is NC(=O)CCC(NC(=O)C(Cc1cnc[nH]1)NC(=O)C(N)Cc1c[nH]c2ccccc12)C(=O)NC(CCC(=O)O)C(=O)O. The smallest absolute Gasteiger partial charge is 0.326 e. The van der Waals surface area contributed by atoms with Crippen molar-refractivity contribution < 1.29 is 39.0 Å². The molecule has 3 rings (SSSR count). The number of amides is 4. The average molecular weight is 599 g/mol. The van der Waals surface area contributed by atoms with Gasteiger partial charge < -0.3 is 47.6 Å². The molecule has 11 N–H and O–H groups in total. The highest BCUT2D eigenvalue weighted by Gasteiger charge is 2.31. The summed E-state index contributed by atoms with van der Waals surface area (Å²) in [6, 6.07) is 2.17. The van der Waals surface area contributed by atoms with E-state index in [1.54, 1.807) is 6.20 Å². The van der Waals surface area contributed by atoms with Gasteiger partial charge in [0.1, 0.15) is 18.1 Å². The van der Waals surface area contributed by atoms with E-state index in [0.29, 0.717) is 5.69 Å². The van der Waals surface area contributed by atoms with Crippen LogP contribution in [0.1, 0.15) is 36.9 Å². The van der Waals surface area contributed by atoms with Crippen LogP contribution in [0.25, 0.3) is 10.9 Å². The molecule has 1 aromatic carbocycles. The summed E-state index contributed by atoms with van der Waals surface area (Å²) >= 11 is 0. The normalized spacial score (nSPS) is 13.8. The van der Waals surface area contributed by atoms with Crippen LogP contribution in [0.3, 0.4) is 0 Å².